The molecule has 0 aliphatic rings. The van der Waals surface area contributed by atoms with Crippen LogP contribution in [0.1, 0.15) is 1.43 Å². The van der Waals surface area contributed by atoms with Crippen molar-refractivity contribution in [3.8, 4) is 0 Å². The van der Waals surface area contributed by atoms with E-state index in [0.717, 1.165) is 0 Å². The smallest absolute Gasteiger partial charge is 1.00 e. The summed E-state index contributed by atoms with van der Waals surface area (Å²) in [4.78, 5) is 14.3. The van der Waals surface area contributed by atoms with Crippen LogP contribution >= 0.6 is 0 Å². The number of hydrogen-bond donors (Lipinski definition) is 2. The van der Waals surface area contributed by atoms with Crippen LogP contribution in [0.4, 0.5) is 0 Å². The average Bonchev–Trinajstić information content (AvgIpc) is 0.811. The normalized spacial score (nSPS) is 4.80. The first kappa shape index (κ1) is 9.30. The summed E-state index contributed by atoms with van der Waals surface area (Å²) < 4.78 is 8.74. The van der Waals surface area contributed by atoms with Gasteiger partial charge < -0.3 is 9.59 Å². The minimum Gasteiger partial charge on any atom is 1.00 e. The number of hydrogen-bond acceptors (Lipinski definition) is 1. The van der Waals surface area contributed by atoms with Gasteiger partial charge in [-0.05, 0) is 0 Å². The molecule has 0 saturated heterocycles. The standard InChI is InChI=1S/Ca.H2O3Si.2H/c;1-4(2)3;;/h;1-2H;;/p+1. The van der Waals surface area contributed by atoms with Crippen LogP contribution in [0.2, 0.25) is 0 Å². The van der Waals surface area contributed by atoms with Gasteiger partial charge in [0.25, 0.3) is 0 Å². The van der Waals surface area contributed by atoms with E-state index in [4.69, 9.17) is 14.1 Å². The SMILES string of the molecule is O=[Si](O)O.[CaH2].[H+]. The van der Waals surface area contributed by atoms with E-state index in [1.165, 1.54) is 0 Å². The van der Waals surface area contributed by atoms with Crippen LogP contribution in [-0.4, -0.2) is 56.5 Å². The minimum atomic E-state index is -3.13. The van der Waals surface area contributed by atoms with Crippen molar-refractivity contribution >= 4 is 46.9 Å². The molecule has 0 aromatic heterocycles. The van der Waals surface area contributed by atoms with E-state index in [1.807, 2.05) is 0 Å². The van der Waals surface area contributed by atoms with Gasteiger partial charge in [-0.2, -0.15) is 0 Å². The average molecular weight is 121 g/mol. The molecule has 0 aliphatic heterocycles. The Kier molecular flexibility index (Phi) is 9.07. The molecule has 0 fully saturated rings. The first-order chi connectivity index (χ1) is 1.73. The second-order valence-corrected chi connectivity index (χ2v) is 0.848. The van der Waals surface area contributed by atoms with Crippen molar-refractivity contribution in [3.63, 3.8) is 0 Å². The van der Waals surface area contributed by atoms with Crippen molar-refractivity contribution in [1.82, 2.24) is 0 Å². The van der Waals surface area contributed by atoms with Gasteiger partial charge in [-0.15, -0.1) is 0 Å². The molecule has 5 heteroatoms. The summed E-state index contributed by atoms with van der Waals surface area (Å²) in [5, 5.41) is 0. The van der Waals surface area contributed by atoms with E-state index in [9.17, 15) is 0 Å². The van der Waals surface area contributed by atoms with Gasteiger partial charge in [0.1, 0.15) is 0 Å². The van der Waals surface area contributed by atoms with E-state index >= 15 is 0 Å². The van der Waals surface area contributed by atoms with Crippen molar-refractivity contribution in [1.29, 1.82) is 0 Å². The fraction of sp³-hybridized carbons (Fsp3) is 0. The largest absolute Gasteiger partial charge is 1.00 e. The fourth-order valence-electron chi connectivity index (χ4n) is 0. The monoisotopic (exact) mass is 121 g/mol. The molecular weight excluding hydrogens is 116 g/mol. The van der Waals surface area contributed by atoms with Crippen LogP contribution in [0.15, 0.2) is 0 Å². The van der Waals surface area contributed by atoms with E-state index in [2.05, 4.69) is 0 Å². The molecule has 0 aromatic carbocycles. The first-order valence-electron chi connectivity index (χ1n) is 0.651. The molecule has 0 amide bonds. The molecule has 0 radical (unpaired) electrons. The van der Waals surface area contributed by atoms with Gasteiger partial charge in [-0.1, -0.05) is 0 Å². The Labute approximate surface area is 62.0 Å². The van der Waals surface area contributed by atoms with Gasteiger partial charge in [0.2, 0.25) is 0 Å². The Morgan fingerprint density at radius 2 is 1.60 bits per heavy atom. The second-order valence-electron chi connectivity index (χ2n) is 0.283. The maximum atomic E-state index is 8.74. The molecule has 0 unspecified atom stereocenters. The van der Waals surface area contributed by atoms with Gasteiger partial charge in [-0.25, -0.2) is 0 Å². The zero-order valence-corrected chi connectivity index (χ0v) is 2.80. The van der Waals surface area contributed by atoms with Crippen LogP contribution in [0.25, 0.3) is 0 Å². The molecule has 0 atom stereocenters. The van der Waals surface area contributed by atoms with Crippen LogP contribution < -0.4 is 0 Å². The van der Waals surface area contributed by atoms with E-state index in [0.29, 0.717) is 0 Å². The molecule has 0 aromatic rings. The van der Waals surface area contributed by atoms with Crippen molar-refractivity contribution in [2.24, 2.45) is 0 Å². The Bertz CT molecular complexity index is 33.8. The van der Waals surface area contributed by atoms with Crippen LogP contribution in [0.3, 0.4) is 0 Å². The predicted octanol–water partition coefficient (Wildman–Crippen LogP) is -2.42. The minimum absolute atomic E-state index is 0. The maximum absolute atomic E-state index is 8.74. The summed E-state index contributed by atoms with van der Waals surface area (Å²) in [6.45, 7) is 0. The van der Waals surface area contributed by atoms with E-state index < -0.39 is 9.17 Å². The molecule has 2 N–H and O–H groups in total. The molecule has 5 heavy (non-hydrogen) atoms. The summed E-state index contributed by atoms with van der Waals surface area (Å²) in [7, 11) is -3.13. The molecular formula is H5CaO3Si+. The van der Waals surface area contributed by atoms with Crippen LogP contribution in [-0.2, 0) is 4.46 Å². The van der Waals surface area contributed by atoms with Gasteiger partial charge in [-0.3, -0.25) is 4.46 Å². The topological polar surface area (TPSA) is 57.5 Å². The van der Waals surface area contributed by atoms with Gasteiger partial charge in [0.15, 0.2) is 0 Å². The molecule has 28 valence electrons. The van der Waals surface area contributed by atoms with Gasteiger partial charge in [0.05, 0.1) is 0 Å². The fourth-order valence-corrected chi connectivity index (χ4v) is 0. The second kappa shape index (κ2) is 4.88. The summed E-state index contributed by atoms with van der Waals surface area (Å²) >= 11 is 0. The third-order valence-electron chi connectivity index (χ3n) is 0. The summed E-state index contributed by atoms with van der Waals surface area (Å²) in [5.41, 5.74) is 0. The van der Waals surface area contributed by atoms with Crippen molar-refractivity contribution < 1.29 is 15.5 Å². The molecule has 0 saturated carbocycles. The van der Waals surface area contributed by atoms with Gasteiger partial charge in [0, 0.05) is 0 Å². The zero-order chi connectivity index (χ0) is 3.58. The molecule has 0 spiro atoms. The van der Waals surface area contributed by atoms with Crippen LogP contribution in [0, 0.1) is 0 Å². The van der Waals surface area contributed by atoms with Crippen molar-refractivity contribution in [2.45, 2.75) is 0 Å². The zero-order valence-electron chi connectivity index (χ0n) is 2.80. The van der Waals surface area contributed by atoms with E-state index in [-0.39, 0.29) is 39.2 Å². The maximum Gasteiger partial charge on any atom is 1.00 e. The Hall–Kier alpha value is 0.877. The Balaban J connectivity index is -0.0000000450. The molecule has 0 rings (SSSR count). The summed E-state index contributed by atoms with van der Waals surface area (Å²) in [6.07, 6.45) is 0. The first-order valence-corrected chi connectivity index (χ1v) is 1.95. The molecule has 0 heterocycles. The van der Waals surface area contributed by atoms with Crippen molar-refractivity contribution in [2.75, 3.05) is 0 Å². The molecule has 0 aliphatic carbocycles. The van der Waals surface area contributed by atoms with Crippen LogP contribution in [0.5, 0.6) is 0 Å². The summed E-state index contributed by atoms with van der Waals surface area (Å²) in [5.74, 6) is 0. The number of rotatable bonds is 0. The molecule has 3 nitrogen and oxygen atoms in total. The van der Waals surface area contributed by atoms with Gasteiger partial charge >= 0.3 is 48.3 Å². The van der Waals surface area contributed by atoms with E-state index in [1.54, 1.807) is 0 Å². The predicted molar refractivity (Wildman–Crippen MR) is 20.5 cm³/mol. The Morgan fingerprint density at radius 1 is 1.60 bits per heavy atom. The third kappa shape index (κ3) is 52.5. The quantitative estimate of drug-likeness (QED) is 0.351. The summed E-state index contributed by atoms with van der Waals surface area (Å²) in [6, 6.07) is 0. The van der Waals surface area contributed by atoms with Crippen molar-refractivity contribution in [3.05, 3.63) is 0 Å². The molecule has 0 bridgehead atoms. The Morgan fingerprint density at radius 3 is 1.60 bits per heavy atom. The third-order valence-corrected chi connectivity index (χ3v) is 0.